The molecule has 0 saturated carbocycles. The smallest absolute Gasteiger partial charge is 0.251 e. The van der Waals surface area contributed by atoms with Crippen LogP contribution in [-0.4, -0.2) is 19.2 Å². The normalized spacial score (nSPS) is 10.1. The molecular formula is C14H13NO3. The minimum atomic E-state index is -0.183. The van der Waals surface area contributed by atoms with Gasteiger partial charge >= 0.3 is 0 Å². The van der Waals surface area contributed by atoms with Gasteiger partial charge in [0.1, 0.15) is 5.76 Å². The summed E-state index contributed by atoms with van der Waals surface area (Å²) < 4.78 is 5.39. The first-order chi connectivity index (χ1) is 8.67. The van der Waals surface area contributed by atoms with Crippen LogP contribution in [0.1, 0.15) is 26.5 Å². The summed E-state index contributed by atoms with van der Waals surface area (Å²) >= 11 is 0. The quantitative estimate of drug-likeness (QED) is 0.842. The fraction of sp³-hybridized carbons (Fsp3) is 0.143. The van der Waals surface area contributed by atoms with Crippen LogP contribution in [0.15, 0.2) is 34.7 Å². The van der Waals surface area contributed by atoms with E-state index in [9.17, 15) is 9.59 Å². The fourth-order valence-corrected chi connectivity index (χ4v) is 1.87. The number of carbonyl (C=O) groups excluding carboxylic acids is 2. The zero-order valence-electron chi connectivity index (χ0n) is 10.2. The van der Waals surface area contributed by atoms with Gasteiger partial charge in [0.15, 0.2) is 12.0 Å². The molecule has 4 heteroatoms. The lowest BCUT2D eigenvalue weighted by Gasteiger charge is -2.09. The number of furan rings is 1. The maximum absolute atomic E-state index is 11.8. The van der Waals surface area contributed by atoms with Crippen molar-refractivity contribution in [2.24, 2.45) is 0 Å². The Morgan fingerprint density at radius 3 is 2.67 bits per heavy atom. The highest BCUT2D eigenvalue weighted by atomic mass is 16.3. The lowest BCUT2D eigenvalue weighted by molar-refractivity contribution is 0.0963. The zero-order valence-corrected chi connectivity index (χ0v) is 10.2. The van der Waals surface area contributed by atoms with Crippen LogP contribution in [-0.2, 0) is 0 Å². The summed E-state index contributed by atoms with van der Waals surface area (Å²) in [6, 6.07) is 8.71. The van der Waals surface area contributed by atoms with Crippen molar-refractivity contribution in [3.05, 3.63) is 47.2 Å². The molecule has 92 valence electrons. The van der Waals surface area contributed by atoms with Crippen molar-refractivity contribution in [2.45, 2.75) is 6.92 Å². The Bertz CT molecular complexity index is 599. The Hall–Kier alpha value is -2.36. The van der Waals surface area contributed by atoms with E-state index in [1.807, 2.05) is 19.1 Å². The highest BCUT2D eigenvalue weighted by Crippen LogP contribution is 2.28. The predicted octanol–water partition coefficient (Wildman–Crippen LogP) is 2.43. The maximum Gasteiger partial charge on any atom is 0.251 e. The third-order valence-corrected chi connectivity index (χ3v) is 2.73. The van der Waals surface area contributed by atoms with Gasteiger partial charge in [-0.05, 0) is 30.7 Å². The summed E-state index contributed by atoms with van der Waals surface area (Å²) in [5, 5.41) is 2.59. The van der Waals surface area contributed by atoms with Crippen molar-refractivity contribution in [2.75, 3.05) is 7.05 Å². The van der Waals surface area contributed by atoms with Gasteiger partial charge in [-0.1, -0.05) is 12.1 Å². The van der Waals surface area contributed by atoms with E-state index in [1.54, 1.807) is 25.2 Å². The van der Waals surface area contributed by atoms with E-state index in [4.69, 9.17) is 4.42 Å². The highest BCUT2D eigenvalue weighted by Gasteiger charge is 2.16. The van der Waals surface area contributed by atoms with E-state index in [2.05, 4.69) is 5.32 Å². The van der Waals surface area contributed by atoms with Crippen LogP contribution in [0.5, 0.6) is 0 Å². The highest BCUT2D eigenvalue weighted by molar-refractivity contribution is 6.01. The van der Waals surface area contributed by atoms with Gasteiger partial charge in [-0.2, -0.15) is 0 Å². The van der Waals surface area contributed by atoms with Crippen molar-refractivity contribution in [1.29, 1.82) is 0 Å². The van der Waals surface area contributed by atoms with E-state index < -0.39 is 0 Å². The Morgan fingerprint density at radius 1 is 1.28 bits per heavy atom. The number of benzene rings is 1. The van der Waals surface area contributed by atoms with Gasteiger partial charge in [-0.3, -0.25) is 9.59 Å². The van der Waals surface area contributed by atoms with Gasteiger partial charge in [-0.15, -0.1) is 0 Å². The van der Waals surface area contributed by atoms with Crippen molar-refractivity contribution >= 4 is 12.2 Å². The van der Waals surface area contributed by atoms with Gasteiger partial charge < -0.3 is 9.73 Å². The van der Waals surface area contributed by atoms with Crippen LogP contribution in [0.3, 0.4) is 0 Å². The predicted molar refractivity (Wildman–Crippen MR) is 67.7 cm³/mol. The molecule has 0 atom stereocenters. The molecule has 0 radical (unpaired) electrons. The maximum atomic E-state index is 11.8. The standard InChI is InChI=1S/C14H13NO3/c1-9-4-3-5-11(14(17)15-2)13(9)12-7-6-10(8-16)18-12/h3-8H,1-2H3,(H,15,17). The van der Waals surface area contributed by atoms with Gasteiger partial charge in [0, 0.05) is 12.6 Å². The van der Waals surface area contributed by atoms with Crippen molar-refractivity contribution < 1.29 is 14.0 Å². The average molecular weight is 243 g/mol. The lowest BCUT2D eigenvalue weighted by atomic mass is 9.99. The van der Waals surface area contributed by atoms with Crippen LogP contribution in [0.4, 0.5) is 0 Å². The van der Waals surface area contributed by atoms with Crippen LogP contribution < -0.4 is 5.32 Å². The number of hydrogen-bond donors (Lipinski definition) is 1. The molecule has 0 aliphatic heterocycles. The lowest BCUT2D eigenvalue weighted by Crippen LogP contribution is -2.18. The van der Waals surface area contributed by atoms with Crippen molar-refractivity contribution in [3.63, 3.8) is 0 Å². The number of amides is 1. The second-order valence-corrected chi connectivity index (χ2v) is 3.90. The molecule has 2 aromatic rings. The zero-order chi connectivity index (χ0) is 13.1. The van der Waals surface area contributed by atoms with Crippen molar-refractivity contribution in [3.8, 4) is 11.3 Å². The first-order valence-electron chi connectivity index (χ1n) is 5.54. The minimum Gasteiger partial charge on any atom is -0.453 e. The van der Waals surface area contributed by atoms with E-state index >= 15 is 0 Å². The van der Waals surface area contributed by atoms with Crippen LogP contribution in [0, 0.1) is 6.92 Å². The average Bonchev–Trinajstić information content (AvgIpc) is 2.86. The molecule has 4 nitrogen and oxygen atoms in total. The molecule has 0 aliphatic carbocycles. The Labute approximate surface area is 105 Å². The third kappa shape index (κ3) is 2.05. The summed E-state index contributed by atoms with van der Waals surface area (Å²) in [5.41, 5.74) is 2.16. The second-order valence-electron chi connectivity index (χ2n) is 3.90. The molecule has 1 aromatic heterocycles. The largest absolute Gasteiger partial charge is 0.453 e. The van der Waals surface area contributed by atoms with Crippen LogP contribution in [0.2, 0.25) is 0 Å². The topological polar surface area (TPSA) is 59.3 Å². The van der Waals surface area contributed by atoms with Crippen LogP contribution >= 0.6 is 0 Å². The van der Waals surface area contributed by atoms with Gasteiger partial charge in [0.2, 0.25) is 0 Å². The summed E-state index contributed by atoms with van der Waals surface area (Å²) in [6.07, 6.45) is 0.640. The molecule has 0 bridgehead atoms. The monoisotopic (exact) mass is 243 g/mol. The SMILES string of the molecule is CNC(=O)c1cccc(C)c1-c1ccc(C=O)o1. The molecule has 0 unspecified atom stereocenters. The van der Waals surface area contributed by atoms with E-state index in [1.165, 1.54) is 0 Å². The number of rotatable bonds is 3. The Morgan fingerprint density at radius 2 is 2.06 bits per heavy atom. The Balaban J connectivity index is 2.61. The number of hydrogen-bond acceptors (Lipinski definition) is 3. The molecule has 2 rings (SSSR count). The summed E-state index contributed by atoms with van der Waals surface area (Å²) in [7, 11) is 1.58. The molecule has 18 heavy (non-hydrogen) atoms. The van der Waals surface area contributed by atoms with E-state index in [-0.39, 0.29) is 11.7 Å². The van der Waals surface area contributed by atoms with E-state index in [0.29, 0.717) is 23.2 Å². The number of carbonyl (C=O) groups is 2. The molecular weight excluding hydrogens is 230 g/mol. The summed E-state index contributed by atoms with van der Waals surface area (Å²) in [5.74, 6) is 0.586. The van der Waals surface area contributed by atoms with Gasteiger partial charge in [-0.25, -0.2) is 0 Å². The van der Waals surface area contributed by atoms with Gasteiger partial charge in [0.05, 0.1) is 5.56 Å². The first-order valence-corrected chi connectivity index (χ1v) is 5.54. The molecule has 0 fully saturated rings. The molecule has 1 aromatic carbocycles. The third-order valence-electron chi connectivity index (χ3n) is 2.73. The number of aryl methyl sites for hydroxylation is 1. The summed E-state index contributed by atoms with van der Waals surface area (Å²) in [4.78, 5) is 22.5. The molecule has 1 amide bonds. The summed E-state index contributed by atoms with van der Waals surface area (Å²) in [6.45, 7) is 1.89. The first kappa shape index (κ1) is 12.1. The minimum absolute atomic E-state index is 0.183. The Kier molecular flexibility index (Phi) is 3.28. The molecule has 0 spiro atoms. The van der Waals surface area contributed by atoms with Crippen LogP contribution in [0.25, 0.3) is 11.3 Å². The molecule has 0 aliphatic rings. The molecule has 1 N–H and O–H groups in total. The molecule has 0 saturated heterocycles. The second kappa shape index (κ2) is 4.87. The fourth-order valence-electron chi connectivity index (χ4n) is 1.87. The van der Waals surface area contributed by atoms with Crippen molar-refractivity contribution in [1.82, 2.24) is 5.32 Å². The molecule has 1 heterocycles. The number of aldehydes is 1. The van der Waals surface area contributed by atoms with E-state index in [0.717, 1.165) is 5.56 Å². The van der Waals surface area contributed by atoms with Gasteiger partial charge in [0.25, 0.3) is 5.91 Å². The number of nitrogens with one attached hydrogen (secondary N) is 1.